The highest BCUT2D eigenvalue weighted by Crippen LogP contribution is 2.04. The molecule has 17 heavy (non-hydrogen) atoms. The van der Waals surface area contributed by atoms with Crippen LogP contribution in [-0.4, -0.2) is 42.5 Å². The van der Waals surface area contributed by atoms with Crippen LogP contribution in [0.5, 0.6) is 0 Å². The highest BCUT2D eigenvalue weighted by molar-refractivity contribution is 5.25. The number of aryl methyl sites for hydroxylation is 1. The Bertz CT molecular complexity index is 263. The van der Waals surface area contributed by atoms with Gasteiger partial charge in [-0.15, -0.1) is 0 Å². The number of aromatic nitrogens is 2. The minimum atomic E-state index is 0.711. The number of nitrogens with zero attached hydrogens (tertiary/aromatic N) is 2. The van der Waals surface area contributed by atoms with Crippen LogP contribution in [0.25, 0.3) is 0 Å². The summed E-state index contributed by atoms with van der Waals surface area (Å²) >= 11 is 0. The maximum atomic E-state index is 5.31. The maximum Gasteiger partial charge on any atom is 0.202 e. The molecule has 0 saturated heterocycles. The average molecular weight is 241 g/mol. The quantitative estimate of drug-likeness (QED) is 0.634. The number of rotatable bonds is 10. The van der Waals surface area contributed by atoms with Gasteiger partial charge in [0.1, 0.15) is 0 Å². The molecular formula is C12H23N3O2. The Kier molecular flexibility index (Phi) is 7.42. The summed E-state index contributed by atoms with van der Waals surface area (Å²) < 4.78 is 12.7. The molecule has 0 bridgehead atoms. The van der Waals surface area contributed by atoms with Gasteiger partial charge >= 0.3 is 0 Å². The van der Waals surface area contributed by atoms with Crippen molar-refractivity contribution >= 4 is 5.95 Å². The van der Waals surface area contributed by atoms with Crippen LogP contribution in [0.3, 0.4) is 0 Å². The Morgan fingerprint density at radius 3 is 2.76 bits per heavy atom. The first-order chi connectivity index (χ1) is 8.38. The summed E-state index contributed by atoms with van der Waals surface area (Å²) in [5, 5.41) is 3.26. The van der Waals surface area contributed by atoms with Gasteiger partial charge in [-0.25, -0.2) is 4.98 Å². The molecule has 0 amide bonds. The molecule has 0 aliphatic rings. The molecule has 0 radical (unpaired) electrons. The van der Waals surface area contributed by atoms with Gasteiger partial charge in [-0.1, -0.05) is 0 Å². The Morgan fingerprint density at radius 2 is 2.00 bits per heavy atom. The molecule has 5 heteroatoms. The van der Waals surface area contributed by atoms with E-state index in [1.807, 2.05) is 26.2 Å². The van der Waals surface area contributed by atoms with E-state index in [4.69, 9.17) is 9.47 Å². The largest absolute Gasteiger partial charge is 0.382 e. The highest BCUT2D eigenvalue weighted by atomic mass is 16.5. The molecule has 1 heterocycles. The molecule has 5 nitrogen and oxygen atoms in total. The zero-order chi connectivity index (χ0) is 12.3. The van der Waals surface area contributed by atoms with Crippen molar-refractivity contribution < 1.29 is 9.47 Å². The second kappa shape index (κ2) is 9.01. The van der Waals surface area contributed by atoms with Gasteiger partial charge in [-0.2, -0.15) is 0 Å². The van der Waals surface area contributed by atoms with Gasteiger partial charge in [0.05, 0.1) is 6.61 Å². The lowest BCUT2D eigenvalue weighted by Crippen LogP contribution is -2.13. The first-order valence-electron chi connectivity index (χ1n) is 6.29. The SMILES string of the molecule is CCOCCCn1ccnc1NCCOCC. The molecule has 0 atom stereocenters. The molecule has 0 saturated carbocycles. The summed E-state index contributed by atoms with van der Waals surface area (Å²) in [6.07, 6.45) is 4.79. The molecule has 1 N–H and O–H groups in total. The Balaban J connectivity index is 2.22. The second-order valence-electron chi connectivity index (χ2n) is 3.62. The van der Waals surface area contributed by atoms with E-state index in [0.29, 0.717) is 6.61 Å². The second-order valence-corrected chi connectivity index (χ2v) is 3.62. The summed E-state index contributed by atoms with van der Waals surface area (Å²) in [7, 11) is 0. The molecular weight excluding hydrogens is 218 g/mol. The van der Waals surface area contributed by atoms with Crippen LogP contribution in [0, 0.1) is 0 Å². The Morgan fingerprint density at radius 1 is 1.24 bits per heavy atom. The lowest BCUT2D eigenvalue weighted by molar-refractivity contribution is 0.141. The lowest BCUT2D eigenvalue weighted by Gasteiger charge is -2.09. The van der Waals surface area contributed by atoms with Crippen molar-refractivity contribution in [2.45, 2.75) is 26.8 Å². The number of hydrogen-bond acceptors (Lipinski definition) is 4. The minimum absolute atomic E-state index is 0.711. The topological polar surface area (TPSA) is 48.3 Å². The molecule has 0 aromatic carbocycles. The van der Waals surface area contributed by atoms with Crippen LogP contribution in [0.15, 0.2) is 12.4 Å². The summed E-state index contributed by atoms with van der Waals surface area (Å²) in [6.45, 7) is 8.77. The summed E-state index contributed by atoms with van der Waals surface area (Å²) in [5.41, 5.74) is 0. The van der Waals surface area contributed by atoms with Gasteiger partial charge in [0, 0.05) is 45.3 Å². The van der Waals surface area contributed by atoms with E-state index < -0.39 is 0 Å². The van der Waals surface area contributed by atoms with Crippen LogP contribution < -0.4 is 5.32 Å². The summed E-state index contributed by atoms with van der Waals surface area (Å²) in [5.74, 6) is 0.904. The standard InChI is InChI=1S/C12H23N3O2/c1-3-16-10-5-8-15-9-6-13-12(15)14-7-11-17-4-2/h6,9H,3-5,7-8,10-11H2,1-2H3,(H,13,14). The zero-order valence-electron chi connectivity index (χ0n) is 10.8. The predicted octanol–water partition coefficient (Wildman–Crippen LogP) is 1.76. The van der Waals surface area contributed by atoms with Crippen LogP contribution >= 0.6 is 0 Å². The van der Waals surface area contributed by atoms with Crippen molar-refractivity contribution in [3.63, 3.8) is 0 Å². The van der Waals surface area contributed by atoms with Crippen LogP contribution in [-0.2, 0) is 16.0 Å². The van der Waals surface area contributed by atoms with E-state index in [0.717, 1.165) is 45.3 Å². The van der Waals surface area contributed by atoms with Crippen molar-refractivity contribution in [1.82, 2.24) is 9.55 Å². The van der Waals surface area contributed by atoms with E-state index in [1.54, 1.807) is 0 Å². The summed E-state index contributed by atoms with van der Waals surface area (Å²) in [6, 6.07) is 0. The molecule has 1 rings (SSSR count). The normalized spacial score (nSPS) is 10.7. The van der Waals surface area contributed by atoms with Gasteiger partial charge in [-0.05, 0) is 20.3 Å². The third kappa shape index (κ3) is 5.70. The van der Waals surface area contributed by atoms with Crippen molar-refractivity contribution in [2.24, 2.45) is 0 Å². The fourth-order valence-corrected chi connectivity index (χ4v) is 1.52. The molecule has 1 aromatic heterocycles. The van der Waals surface area contributed by atoms with Gasteiger partial charge < -0.3 is 19.4 Å². The monoisotopic (exact) mass is 241 g/mol. The van der Waals surface area contributed by atoms with Crippen molar-refractivity contribution in [1.29, 1.82) is 0 Å². The Hall–Kier alpha value is -1.07. The first-order valence-corrected chi connectivity index (χ1v) is 6.29. The van der Waals surface area contributed by atoms with Crippen molar-refractivity contribution in [3.05, 3.63) is 12.4 Å². The Labute approximate surface area is 103 Å². The fraction of sp³-hybridized carbons (Fsp3) is 0.750. The van der Waals surface area contributed by atoms with Crippen molar-refractivity contribution in [3.8, 4) is 0 Å². The first kappa shape index (κ1) is 14.0. The molecule has 98 valence electrons. The molecule has 0 fully saturated rings. The fourth-order valence-electron chi connectivity index (χ4n) is 1.52. The number of hydrogen-bond donors (Lipinski definition) is 1. The third-order valence-electron chi connectivity index (χ3n) is 2.34. The smallest absolute Gasteiger partial charge is 0.202 e. The van der Waals surface area contributed by atoms with E-state index in [-0.39, 0.29) is 0 Å². The van der Waals surface area contributed by atoms with E-state index in [2.05, 4.69) is 14.9 Å². The predicted molar refractivity (Wildman–Crippen MR) is 68.3 cm³/mol. The van der Waals surface area contributed by atoms with Crippen LogP contribution in [0.4, 0.5) is 5.95 Å². The molecule has 0 aliphatic heterocycles. The van der Waals surface area contributed by atoms with E-state index in [9.17, 15) is 0 Å². The molecule has 0 unspecified atom stereocenters. The van der Waals surface area contributed by atoms with E-state index in [1.165, 1.54) is 0 Å². The average Bonchev–Trinajstić information content (AvgIpc) is 2.78. The lowest BCUT2D eigenvalue weighted by atomic mass is 10.4. The highest BCUT2D eigenvalue weighted by Gasteiger charge is 2.01. The van der Waals surface area contributed by atoms with Crippen molar-refractivity contribution in [2.75, 3.05) is 38.3 Å². The van der Waals surface area contributed by atoms with Gasteiger partial charge in [0.25, 0.3) is 0 Å². The number of anilines is 1. The minimum Gasteiger partial charge on any atom is -0.382 e. The summed E-state index contributed by atoms with van der Waals surface area (Å²) in [4.78, 5) is 4.27. The van der Waals surface area contributed by atoms with Crippen LogP contribution in [0.1, 0.15) is 20.3 Å². The number of imidazole rings is 1. The molecule has 0 spiro atoms. The molecule has 1 aromatic rings. The zero-order valence-corrected chi connectivity index (χ0v) is 10.8. The van der Waals surface area contributed by atoms with Gasteiger partial charge in [0.15, 0.2) is 0 Å². The van der Waals surface area contributed by atoms with E-state index >= 15 is 0 Å². The third-order valence-corrected chi connectivity index (χ3v) is 2.34. The number of nitrogens with one attached hydrogen (secondary N) is 1. The van der Waals surface area contributed by atoms with Gasteiger partial charge in [-0.3, -0.25) is 0 Å². The maximum absolute atomic E-state index is 5.31. The number of ether oxygens (including phenoxy) is 2. The van der Waals surface area contributed by atoms with Crippen LogP contribution in [0.2, 0.25) is 0 Å². The molecule has 0 aliphatic carbocycles. The van der Waals surface area contributed by atoms with Gasteiger partial charge in [0.2, 0.25) is 5.95 Å².